The molecule has 1 fully saturated rings. The standard InChI is InChI=1S/C16H21NO4.C2HF3O2/c1-20-13-9-12(4-3-11-5-7-17-8-6-11)15(16(18)19)14(10-13)21-2;3-2(4,5)1(6)7/h3-4,9-11,17H,5-8H2,1-2H3,(H,18,19);(H,6,7)/b4-3+;. The van der Waals surface area contributed by atoms with Crippen molar-refractivity contribution in [1.82, 2.24) is 5.32 Å². The van der Waals surface area contributed by atoms with Crippen molar-refractivity contribution in [1.29, 1.82) is 0 Å². The SMILES string of the molecule is COc1cc(/C=C/C2CCNCC2)c(C(=O)O)c(OC)c1.O=C(O)C(F)(F)F. The number of carbonyl (C=O) groups is 2. The monoisotopic (exact) mass is 405 g/mol. The van der Waals surface area contributed by atoms with Crippen molar-refractivity contribution in [2.45, 2.75) is 19.0 Å². The van der Waals surface area contributed by atoms with Gasteiger partial charge in [0, 0.05) is 6.07 Å². The Labute approximate surface area is 159 Å². The maximum Gasteiger partial charge on any atom is 0.490 e. The van der Waals surface area contributed by atoms with Gasteiger partial charge >= 0.3 is 18.1 Å². The summed E-state index contributed by atoms with van der Waals surface area (Å²) in [6, 6.07) is 3.31. The highest BCUT2D eigenvalue weighted by Crippen LogP contribution is 2.30. The molecule has 7 nitrogen and oxygen atoms in total. The molecular weight excluding hydrogens is 383 g/mol. The third kappa shape index (κ3) is 7.10. The molecule has 0 atom stereocenters. The Bertz CT molecular complexity index is 712. The van der Waals surface area contributed by atoms with Crippen LogP contribution in [0.15, 0.2) is 18.2 Å². The number of ether oxygens (including phenoxy) is 2. The number of rotatable bonds is 5. The van der Waals surface area contributed by atoms with Crippen molar-refractivity contribution in [3.05, 3.63) is 29.3 Å². The quantitative estimate of drug-likeness (QED) is 0.692. The summed E-state index contributed by atoms with van der Waals surface area (Å²) in [5.74, 6) is -2.38. The molecule has 0 aliphatic carbocycles. The van der Waals surface area contributed by atoms with Crippen LogP contribution in [0.25, 0.3) is 6.08 Å². The molecule has 1 aliphatic rings. The fourth-order valence-electron chi connectivity index (χ4n) is 2.53. The van der Waals surface area contributed by atoms with Gasteiger partial charge < -0.3 is 25.0 Å². The lowest BCUT2D eigenvalue weighted by Crippen LogP contribution is -2.26. The topological polar surface area (TPSA) is 105 Å². The predicted octanol–water partition coefficient (Wildman–Crippen LogP) is 3.05. The molecule has 28 heavy (non-hydrogen) atoms. The van der Waals surface area contributed by atoms with E-state index in [0.29, 0.717) is 23.0 Å². The molecule has 1 heterocycles. The Kier molecular flexibility index (Phi) is 8.77. The number of benzene rings is 1. The Morgan fingerprint density at radius 1 is 1.14 bits per heavy atom. The van der Waals surface area contributed by atoms with Gasteiger partial charge in [0.2, 0.25) is 0 Å². The molecule has 10 heteroatoms. The van der Waals surface area contributed by atoms with Gasteiger partial charge in [-0.25, -0.2) is 9.59 Å². The molecule has 0 unspecified atom stereocenters. The lowest BCUT2D eigenvalue weighted by molar-refractivity contribution is -0.192. The van der Waals surface area contributed by atoms with E-state index in [4.69, 9.17) is 19.4 Å². The van der Waals surface area contributed by atoms with Gasteiger partial charge in [0.15, 0.2) is 0 Å². The minimum Gasteiger partial charge on any atom is -0.497 e. The average molecular weight is 405 g/mol. The molecule has 0 spiro atoms. The van der Waals surface area contributed by atoms with Gasteiger partial charge in [-0.15, -0.1) is 0 Å². The summed E-state index contributed by atoms with van der Waals surface area (Å²) in [6.07, 6.45) is 1.01. The number of carboxylic acids is 2. The van der Waals surface area contributed by atoms with Crippen LogP contribution in [-0.2, 0) is 4.79 Å². The molecule has 156 valence electrons. The first-order valence-electron chi connectivity index (χ1n) is 8.28. The maximum absolute atomic E-state index is 11.5. The van der Waals surface area contributed by atoms with Crippen LogP contribution in [0.2, 0.25) is 0 Å². The molecule has 1 aromatic carbocycles. The first-order valence-corrected chi connectivity index (χ1v) is 8.28. The van der Waals surface area contributed by atoms with Crippen molar-refractivity contribution in [3.8, 4) is 11.5 Å². The first kappa shape index (κ1) is 23.3. The molecule has 0 radical (unpaired) electrons. The highest BCUT2D eigenvalue weighted by molar-refractivity contribution is 5.95. The number of aliphatic carboxylic acids is 1. The second kappa shape index (κ2) is 10.5. The second-order valence-corrected chi connectivity index (χ2v) is 5.85. The number of carboxylic acid groups (broad SMARTS) is 2. The van der Waals surface area contributed by atoms with E-state index < -0.39 is 18.1 Å². The summed E-state index contributed by atoms with van der Waals surface area (Å²) >= 11 is 0. The Balaban J connectivity index is 0.000000480. The van der Waals surface area contributed by atoms with E-state index in [2.05, 4.69) is 11.4 Å². The van der Waals surface area contributed by atoms with E-state index in [0.717, 1.165) is 25.9 Å². The molecule has 1 aliphatic heterocycles. The number of aromatic carboxylic acids is 1. The van der Waals surface area contributed by atoms with Gasteiger partial charge in [0.25, 0.3) is 0 Å². The number of alkyl halides is 3. The summed E-state index contributed by atoms with van der Waals surface area (Å²) in [4.78, 5) is 20.4. The Morgan fingerprint density at radius 2 is 1.71 bits per heavy atom. The minimum atomic E-state index is -5.08. The Morgan fingerprint density at radius 3 is 2.14 bits per heavy atom. The fourth-order valence-corrected chi connectivity index (χ4v) is 2.53. The normalized spacial score (nSPS) is 14.9. The highest BCUT2D eigenvalue weighted by Gasteiger charge is 2.38. The second-order valence-electron chi connectivity index (χ2n) is 5.85. The molecule has 1 aromatic rings. The minimum absolute atomic E-state index is 0.170. The summed E-state index contributed by atoms with van der Waals surface area (Å²) in [5.41, 5.74) is 0.778. The smallest absolute Gasteiger partial charge is 0.490 e. The zero-order valence-corrected chi connectivity index (χ0v) is 15.4. The molecule has 0 saturated carbocycles. The van der Waals surface area contributed by atoms with E-state index in [9.17, 15) is 23.1 Å². The van der Waals surface area contributed by atoms with Crippen LogP contribution in [0, 0.1) is 5.92 Å². The lowest BCUT2D eigenvalue weighted by Gasteiger charge is -2.19. The lowest BCUT2D eigenvalue weighted by atomic mass is 9.96. The largest absolute Gasteiger partial charge is 0.497 e. The van der Waals surface area contributed by atoms with Crippen LogP contribution in [-0.4, -0.2) is 55.6 Å². The van der Waals surface area contributed by atoms with E-state index in [1.54, 1.807) is 19.2 Å². The van der Waals surface area contributed by atoms with Crippen LogP contribution in [0.5, 0.6) is 11.5 Å². The van der Waals surface area contributed by atoms with Crippen molar-refractivity contribution < 1.29 is 42.4 Å². The third-order valence-electron chi connectivity index (χ3n) is 3.95. The van der Waals surface area contributed by atoms with E-state index in [1.807, 2.05) is 6.08 Å². The number of piperidine rings is 1. The zero-order valence-electron chi connectivity index (χ0n) is 15.4. The average Bonchev–Trinajstić information content (AvgIpc) is 2.65. The predicted molar refractivity (Wildman–Crippen MR) is 94.8 cm³/mol. The number of nitrogens with one attached hydrogen (secondary N) is 1. The molecule has 1 saturated heterocycles. The number of hydrogen-bond donors (Lipinski definition) is 3. The van der Waals surface area contributed by atoms with Crippen LogP contribution in [0.4, 0.5) is 13.2 Å². The summed E-state index contributed by atoms with van der Waals surface area (Å²) in [6.45, 7) is 2.00. The van der Waals surface area contributed by atoms with Crippen LogP contribution < -0.4 is 14.8 Å². The van der Waals surface area contributed by atoms with Gasteiger partial charge in [-0.2, -0.15) is 13.2 Å². The molecule has 3 N–H and O–H groups in total. The number of methoxy groups -OCH3 is 2. The first-order chi connectivity index (χ1) is 13.1. The molecule has 2 rings (SSSR count). The maximum atomic E-state index is 11.5. The molecule has 0 amide bonds. The van der Waals surface area contributed by atoms with Crippen molar-refractivity contribution in [3.63, 3.8) is 0 Å². The number of hydrogen-bond acceptors (Lipinski definition) is 5. The van der Waals surface area contributed by atoms with Crippen molar-refractivity contribution >= 4 is 18.0 Å². The van der Waals surface area contributed by atoms with Crippen LogP contribution >= 0.6 is 0 Å². The van der Waals surface area contributed by atoms with Gasteiger partial charge in [-0.3, -0.25) is 0 Å². The van der Waals surface area contributed by atoms with Crippen molar-refractivity contribution in [2.24, 2.45) is 5.92 Å². The zero-order chi connectivity index (χ0) is 21.3. The summed E-state index contributed by atoms with van der Waals surface area (Å²) in [7, 11) is 3.01. The van der Waals surface area contributed by atoms with E-state index >= 15 is 0 Å². The van der Waals surface area contributed by atoms with E-state index in [-0.39, 0.29) is 5.56 Å². The fraction of sp³-hybridized carbons (Fsp3) is 0.444. The van der Waals surface area contributed by atoms with Crippen molar-refractivity contribution in [2.75, 3.05) is 27.3 Å². The summed E-state index contributed by atoms with van der Waals surface area (Å²) < 4.78 is 42.1. The van der Waals surface area contributed by atoms with Gasteiger partial charge in [0.05, 0.1) is 14.2 Å². The van der Waals surface area contributed by atoms with Crippen LogP contribution in [0.3, 0.4) is 0 Å². The number of allylic oxidation sites excluding steroid dienone is 1. The highest BCUT2D eigenvalue weighted by atomic mass is 19.4. The molecular formula is C18H22F3NO6. The Hall–Kier alpha value is -2.75. The van der Waals surface area contributed by atoms with Gasteiger partial charge in [-0.05, 0) is 43.5 Å². The molecule has 0 bridgehead atoms. The molecule has 0 aromatic heterocycles. The summed E-state index contributed by atoms with van der Waals surface area (Å²) in [5, 5.41) is 19.8. The van der Waals surface area contributed by atoms with Gasteiger partial charge in [0.1, 0.15) is 17.1 Å². The van der Waals surface area contributed by atoms with E-state index in [1.165, 1.54) is 7.11 Å². The van der Waals surface area contributed by atoms with Gasteiger partial charge in [-0.1, -0.05) is 12.2 Å². The third-order valence-corrected chi connectivity index (χ3v) is 3.95. The van der Waals surface area contributed by atoms with Crippen LogP contribution in [0.1, 0.15) is 28.8 Å². The number of halogens is 3.